The highest BCUT2D eigenvalue weighted by Gasteiger charge is 2.17. The highest BCUT2D eigenvalue weighted by atomic mass is 32.2. The molecule has 1 amide bonds. The highest BCUT2D eigenvalue weighted by molar-refractivity contribution is 7.89. The minimum atomic E-state index is -3.59. The summed E-state index contributed by atoms with van der Waals surface area (Å²) in [6.45, 7) is 5.54. The zero-order valence-corrected chi connectivity index (χ0v) is 16.4. The van der Waals surface area contributed by atoms with E-state index in [0.717, 1.165) is 5.56 Å². The van der Waals surface area contributed by atoms with Crippen molar-refractivity contribution < 1.29 is 13.2 Å². The number of hydrogen-bond donors (Lipinski definition) is 2. The van der Waals surface area contributed by atoms with E-state index >= 15 is 0 Å². The van der Waals surface area contributed by atoms with Crippen molar-refractivity contribution >= 4 is 15.9 Å². The molecule has 2 N–H and O–H groups in total. The number of nitrogens with zero attached hydrogens (tertiary/aromatic N) is 1. The molecule has 0 heterocycles. The highest BCUT2D eigenvalue weighted by Crippen LogP contribution is 2.16. The van der Waals surface area contributed by atoms with E-state index in [-0.39, 0.29) is 22.9 Å². The Balaban J connectivity index is 2.07. The summed E-state index contributed by atoms with van der Waals surface area (Å²) in [4.78, 5) is 12.5. The van der Waals surface area contributed by atoms with Crippen LogP contribution in [-0.4, -0.2) is 20.4 Å². The van der Waals surface area contributed by atoms with E-state index in [1.165, 1.54) is 24.3 Å². The van der Waals surface area contributed by atoms with Gasteiger partial charge in [0.1, 0.15) is 0 Å². The average molecular weight is 385 g/mol. The van der Waals surface area contributed by atoms with Gasteiger partial charge in [0.05, 0.1) is 22.6 Å². The first-order chi connectivity index (χ1) is 12.8. The van der Waals surface area contributed by atoms with E-state index in [9.17, 15) is 13.2 Å². The molecule has 0 radical (unpaired) electrons. The summed E-state index contributed by atoms with van der Waals surface area (Å²) in [6, 6.07) is 14.4. The molecule has 0 fully saturated rings. The normalized spacial score (nSPS) is 13.4. The van der Waals surface area contributed by atoms with Gasteiger partial charge in [-0.1, -0.05) is 19.1 Å². The first-order valence-electron chi connectivity index (χ1n) is 8.70. The van der Waals surface area contributed by atoms with Gasteiger partial charge < -0.3 is 5.32 Å². The van der Waals surface area contributed by atoms with E-state index in [0.29, 0.717) is 17.5 Å². The van der Waals surface area contributed by atoms with E-state index in [4.69, 9.17) is 5.26 Å². The Hall–Kier alpha value is -2.69. The third-order valence-electron chi connectivity index (χ3n) is 4.28. The van der Waals surface area contributed by atoms with Gasteiger partial charge in [-0.2, -0.15) is 5.26 Å². The molecule has 2 rings (SSSR count). The first kappa shape index (κ1) is 20.6. The lowest BCUT2D eigenvalue weighted by atomic mass is 10.1. The summed E-state index contributed by atoms with van der Waals surface area (Å²) in [6.07, 6.45) is 0.687. The predicted octanol–water partition coefficient (Wildman–Crippen LogP) is 3.13. The molecular weight excluding hydrogens is 362 g/mol. The van der Waals surface area contributed by atoms with Crippen molar-refractivity contribution in [2.75, 3.05) is 0 Å². The molecule has 0 bridgehead atoms. The van der Waals surface area contributed by atoms with Crippen LogP contribution in [0.1, 0.15) is 54.7 Å². The van der Waals surface area contributed by atoms with Crippen molar-refractivity contribution in [3.8, 4) is 6.07 Å². The summed E-state index contributed by atoms with van der Waals surface area (Å²) in [5.41, 5.74) is 1.80. The standard InChI is InChI=1S/C20H23N3O3S/c1-4-14(2)23-27(25,26)19-11-9-18(10-12-19)20(24)22-15(3)17-7-5-16(13-21)6-8-17/h5-12,14-15,23H,4H2,1-3H3,(H,22,24). The summed E-state index contributed by atoms with van der Waals surface area (Å²) in [7, 11) is -3.59. The van der Waals surface area contributed by atoms with Crippen molar-refractivity contribution in [3.63, 3.8) is 0 Å². The van der Waals surface area contributed by atoms with Gasteiger partial charge in [-0.25, -0.2) is 13.1 Å². The predicted molar refractivity (Wildman–Crippen MR) is 104 cm³/mol. The quantitative estimate of drug-likeness (QED) is 0.765. The summed E-state index contributed by atoms with van der Waals surface area (Å²) in [5, 5.41) is 11.7. The Morgan fingerprint density at radius 2 is 1.67 bits per heavy atom. The Morgan fingerprint density at radius 1 is 1.07 bits per heavy atom. The third-order valence-corrected chi connectivity index (χ3v) is 5.89. The van der Waals surface area contributed by atoms with Crippen LogP contribution in [0.15, 0.2) is 53.4 Å². The first-order valence-corrected chi connectivity index (χ1v) is 10.2. The minimum absolute atomic E-state index is 0.125. The minimum Gasteiger partial charge on any atom is -0.346 e. The molecule has 0 spiro atoms. The van der Waals surface area contributed by atoms with Gasteiger partial charge in [0.15, 0.2) is 0 Å². The van der Waals surface area contributed by atoms with E-state index in [2.05, 4.69) is 16.1 Å². The monoisotopic (exact) mass is 385 g/mol. The number of carbonyl (C=O) groups excluding carboxylic acids is 1. The second kappa shape index (κ2) is 8.80. The molecule has 7 heteroatoms. The van der Waals surface area contributed by atoms with Gasteiger partial charge in [0, 0.05) is 11.6 Å². The third kappa shape index (κ3) is 5.39. The molecule has 142 valence electrons. The molecule has 2 unspecified atom stereocenters. The molecule has 0 aliphatic heterocycles. The average Bonchev–Trinajstić information content (AvgIpc) is 2.67. The Bertz CT molecular complexity index is 930. The lowest BCUT2D eigenvalue weighted by molar-refractivity contribution is 0.0940. The molecule has 6 nitrogen and oxygen atoms in total. The van der Waals surface area contributed by atoms with Crippen molar-refractivity contribution in [1.82, 2.24) is 10.0 Å². The van der Waals surface area contributed by atoms with Gasteiger partial charge in [0.2, 0.25) is 10.0 Å². The van der Waals surface area contributed by atoms with Crippen molar-refractivity contribution in [2.45, 2.75) is 44.2 Å². The topological polar surface area (TPSA) is 99.1 Å². The van der Waals surface area contributed by atoms with Gasteiger partial charge in [-0.3, -0.25) is 4.79 Å². The van der Waals surface area contributed by atoms with Gasteiger partial charge in [0.25, 0.3) is 5.91 Å². The van der Waals surface area contributed by atoms with Gasteiger partial charge in [-0.05, 0) is 62.2 Å². The molecule has 0 aromatic heterocycles. The van der Waals surface area contributed by atoms with Crippen molar-refractivity contribution in [1.29, 1.82) is 5.26 Å². The Labute approximate surface area is 160 Å². The fourth-order valence-electron chi connectivity index (χ4n) is 2.41. The van der Waals surface area contributed by atoms with Crippen LogP contribution in [0.25, 0.3) is 0 Å². The number of rotatable bonds is 7. The van der Waals surface area contributed by atoms with E-state index in [1.54, 1.807) is 31.2 Å². The zero-order valence-electron chi connectivity index (χ0n) is 15.6. The lowest BCUT2D eigenvalue weighted by Crippen LogP contribution is -2.32. The maximum atomic E-state index is 12.4. The number of hydrogen-bond acceptors (Lipinski definition) is 4. The molecule has 0 aliphatic rings. The number of carbonyl (C=O) groups is 1. The fourth-order valence-corrected chi connectivity index (χ4v) is 3.74. The number of amides is 1. The second-order valence-electron chi connectivity index (χ2n) is 6.38. The van der Waals surface area contributed by atoms with Crippen LogP contribution < -0.4 is 10.0 Å². The van der Waals surface area contributed by atoms with Crippen molar-refractivity contribution in [3.05, 3.63) is 65.2 Å². The van der Waals surface area contributed by atoms with Crippen LogP contribution in [0.5, 0.6) is 0 Å². The summed E-state index contributed by atoms with van der Waals surface area (Å²) in [5.74, 6) is -0.300. The molecule has 0 aliphatic carbocycles. The number of sulfonamides is 1. The van der Waals surface area contributed by atoms with Crippen molar-refractivity contribution in [2.24, 2.45) is 0 Å². The molecule has 27 heavy (non-hydrogen) atoms. The van der Waals surface area contributed by atoms with Crippen LogP contribution in [0.4, 0.5) is 0 Å². The maximum Gasteiger partial charge on any atom is 0.251 e. The second-order valence-corrected chi connectivity index (χ2v) is 8.10. The molecule has 2 atom stereocenters. The summed E-state index contributed by atoms with van der Waals surface area (Å²) >= 11 is 0. The maximum absolute atomic E-state index is 12.4. The smallest absolute Gasteiger partial charge is 0.251 e. The molecule has 2 aromatic carbocycles. The van der Waals surface area contributed by atoms with Gasteiger partial charge in [-0.15, -0.1) is 0 Å². The molecular formula is C20H23N3O3S. The molecule has 0 saturated carbocycles. The summed E-state index contributed by atoms with van der Waals surface area (Å²) < 4.78 is 27.1. The van der Waals surface area contributed by atoms with Crippen LogP contribution >= 0.6 is 0 Å². The Kier molecular flexibility index (Phi) is 6.72. The van der Waals surface area contributed by atoms with Gasteiger partial charge >= 0.3 is 0 Å². The Morgan fingerprint density at radius 3 is 2.19 bits per heavy atom. The van der Waals surface area contributed by atoms with Crippen LogP contribution in [0.2, 0.25) is 0 Å². The SMILES string of the molecule is CCC(C)NS(=O)(=O)c1ccc(C(=O)NC(C)c2ccc(C#N)cc2)cc1. The number of benzene rings is 2. The zero-order chi connectivity index (χ0) is 20.0. The van der Waals surface area contributed by atoms with Crippen LogP contribution in [-0.2, 0) is 10.0 Å². The largest absolute Gasteiger partial charge is 0.346 e. The van der Waals surface area contributed by atoms with Crippen LogP contribution in [0, 0.1) is 11.3 Å². The van der Waals surface area contributed by atoms with E-state index in [1.807, 2.05) is 13.8 Å². The lowest BCUT2D eigenvalue weighted by Gasteiger charge is -2.15. The van der Waals surface area contributed by atoms with E-state index < -0.39 is 10.0 Å². The molecule has 0 saturated heterocycles. The molecule has 2 aromatic rings. The number of nitrogens with one attached hydrogen (secondary N) is 2. The fraction of sp³-hybridized carbons (Fsp3) is 0.300. The van der Waals surface area contributed by atoms with Crippen LogP contribution in [0.3, 0.4) is 0 Å². The number of nitriles is 1.